The molecule has 2 amide bonds. The van der Waals surface area contributed by atoms with Gasteiger partial charge in [0.15, 0.2) is 0 Å². The fourth-order valence-electron chi connectivity index (χ4n) is 3.99. The van der Waals surface area contributed by atoms with Gasteiger partial charge in [-0.25, -0.2) is 0 Å². The highest BCUT2D eigenvalue weighted by molar-refractivity contribution is 6.30. The number of piperidine rings is 1. The van der Waals surface area contributed by atoms with Gasteiger partial charge in [-0.05, 0) is 50.8 Å². The Balaban J connectivity index is 1.68. The Morgan fingerprint density at radius 1 is 1.29 bits per heavy atom. The van der Waals surface area contributed by atoms with Gasteiger partial charge in [-0.2, -0.15) is 0 Å². The van der Waals surface area contributed by atoms with Crippen molar-refractivity contribution < 1.29 is 9.59 Å². The van der Waals surface area contributed by atoms with Gasteiger partial charge in [0.1, 0.15) is 0 Å². The molecule has 3 rings (SSSR count). The second-order valence-corrected chi connectivity index (χ2v) is 7.78. The van der Waals surface area contributed by atoms with E-state index in [1.165, 1.54) is 0 Å². The summed E-state index contributed by atoms with van der Waals surface area (Å²) in [6.45, 7) is 6.21. The second-order valence-electron chi connectivity index (χ2n) is 7.35. The van der Waals surface area contributed by atoms with E-state index in [2.05, 4.69) is 13.8 Å². The highest BCUT2D eigenvalue weighted by Gasteiger charge is 2.49. The van der Waals surface area contributed by atoms with Crippen LogP contribution in [-0.4, -0.2) is 47.3 Å². The quantitative estimate of drug-likeness (QED) is 0.842. The van der Waals surface area contributed by atoms with Crippen molar-refractivity contribution in [1.29, 1.82) is 0 Å². The van der Waals surface area contributed by atoms with Crippen LogP contribution in [0, 0.1) is 5.41 Å². The van der Waals surface area contributed by atoms with E-state index in [1.54, 1.807) is 0 Å². The predicted octanol–water partition coefficient (Wildman–Crippen LogP) is 3.13. The number of halogens is 1. The summed E-state index contributed by atoms with van der Waals surface area (Å²) < 4.78 is 0. The first kappa shape index (κ1) is 17.3. The van der Waals surface area contributed by atoms with Gasteiger partial charge in [-0.3, -0.25) is 9.59 Å². The van der Waals surface area contributed by atoms with Crippen molar-refractivity contribution in [3.05, 3.63) is 34.9 Å². The lowest BCUT2D eigenvalue weighted by atomic mass is 9.78. The number of rotatable bonds is 3. The molecule has 1 aromatic carbocycles. The van der Waals surface area contributed by atoms with Crippen LogP contribution in [0.5, 0.6) is 0 Å². The minimum atomic E-state index is -0.355. The van der Waals surface area contributed by atoms with E-state index >= 15 is 0 Å². The number of amides is 2. The van der Waals surface area contributed by atoms with Crippen LogP contribution in [0.15, 0.2) is 24.3 Å². The van der Waals surface area contributed by atoms with Gasteiger partial charge >= 0.3 is 0 Å². The maximum absolute atomic E-state index is 12.9. The Morgan fingerprint density at radius 2 is 2.08 bits per heavy atom. The third-order valence-corrected chi connectivity index (χ3v) is 5.58. The number of hydrogen-bond donors (Lipinski definition) is 0. The summed E-state index contributed by atoms with van der Waals surface area (Å²) >= 11 is 5.99. The largest absolute Gasteiger partial charge is 0.341 e. The van der Waals surface area contributed by atoms with Crippen molar-refractivity contribution in [3.8, 4) is 0 Å². The lowest BCUT2D eigenvalue weighted by Crippen LogP contribution is -2.52. The van der Waals surface area contributed by atoms with Crippen molar-refractivity contribution in [2.45, 2.75) is 45.6 Å². The van der Waals surface area contributed by atoms with Gasteiger partial charge in [0.05, 0.1) is 11.8 Å². The molecule has 2 aliphatic rings. The van der Waals surface area contributed by atoms with Crippen LogP contribution in [0.1, 0.15) is 38.7 Å². The van der Waals surface area contributed by atoms with Gasteiger partial charge in [0, 0.05) is 30.7 Å². The van der Waals surface area contributed by atoms with E-state index in [9.17, 15) is 9.59 Å². The molecule has 2 fully saturated rings. The minimum absolute atomic E-state index is 0.0867. The lowest BCUT2D eigenvalue weighted by Gasteiger charge is -2.41. The summed E-state index contributed by atoms with van der Waals surface area (Å²) in [6, 6.07) is 7.65. The van der Waals surface area contributed by atoms with E-state index in [0.29, 0.717) is 24.5 Å². The van der Waals surface area contributed by atoms with Crippen LogP contribution in [0.3, 0.4) is 0 Å². The molecule has 130 valence electrons. The number of carbonyl (C=O) groups is 2. The van der Waals surface area contributed by atoms with E-state index < -0.39 is 0 Å². The average molecular weight is 349 g/mol. The molecule has 0 bridgehead atoms. The molecular formula is C19H25ClN2O2. The molecule has 0 N–H and O–H groups in total. The first-order valence-corrected chi connectivity index (χ1v) is 9.12. The predicted molar refractivity (Wildman–Crippen MR) is 94.9 cm³/mol. The molecule has 0 radical (unpaired) electrons. The van der Waals surface area contributed by atoms with Crippen molar-refractivity contribution in [1.82, 2.24) is 9.80 Å². The molecule has 5 heteroatoms. The summed E-state index contributed by atoms with van der Waals surface area (Å²) in [5.41, 5.74) is 0.569. The Morgan fingerprint density at radius 3 is 2.79 bits per heavy atom. The van der Waals surface area contributed by atoms with E-state index in [1.807, 2.05) is 34.1 Å². The molecule has 2 heterocycles. The van der Waals surface area contributed by atoms with Crippen LogP contribution in [-0.2, 0) is 16.0 Å². The molecule has 1 atom stereocenters. The number of benzene rings is 1. The first-order valence-electron chi connectivity index (χ1n) is 8.75. The monoisotopic (exact) mass is 348 g/mol. The average Bonchev–Trinajstić information content (AvgIpc) is 2.95. The Labute approximate surface area is 148 Å². The topological polar surface area (TPSA) is 40.6 Å². The van der Waals surface area contributed by atoms with Gasteiger partial charge < -0.3 is 9.80 Å². The fourth-order valence-corrected chi connectivity index (χ4v) is 4.20. The lowest BCUT2D eigenvalue weighted by molar-refractivity contribution is -0.148. The van der Waals surface area contributed by atoms with Crippen molar-refractivity contribution in [3.63, 3.8) is 0 Å². The zero-order chi connectivity index (χ0) is 17.3. The van der Waals surface area contributed by atoms with E-state index in [0.717, 1.165) is 31.4 Å². The van der Waals surface area contributed by atoms with Crippen LogP contribution in [0.25, 0.3) is 0 Å². The van der Waals surface area contributed by atoms with Crippen LogP contribution < -0.4 is 0 Å². The maximum atomic E-state index is 12.9. The van der Waals surface area contributed by atoms with Gasteiger partial charge in [0.25, 0.3) is 0 Å². The van der Waals surface area contributed by atoms with Crippen molar-refractivity contribution >= 4 is 23.4 Å². The van der Waals surface area contributed by atoms with Gasteiger partial charge in [-0.15, -0.1) is 0 Å². The normalized spacial score (nSPS) is 24.2. The molecule has 24 heavy (non-hydrogen) atoms. The fraction of sp³-hybridized carbons (Fsp3) is 0.579. The van der Waals surface area contributed by atoms with Crippen LogP contribution >= 0.6 is 11.6 Å². The van der Waals surface area contributed by atoms with Crippen LogP contribution in [0.2, 0.25) is 5.02 Å². The van der Waals surface area contributed by atoms with Crippen molar-refractivity contribution in [2.24, 2.45) is 5.41 Å². The SMILES string of the molecule is CC(C)N1CCC[C@]2(CCN(C(=O)Cc3cccc(Cl)c3)C2)C1=O. The summed E-state index contributed by atoms with van der Waals surface area (Å²) in [5, 5.41) is 0.647. The third kappa shape index (κ3) is 3.30. The van der Waals surface area contributed by atoms with Crippen LogP contribution in [0.4, 0.5) is 0 Å². The molecule has 0 aliphatic carbocycles. The molecule has 1 aromatic rings. The highest BCUT2D eigenvalue weighted by atomic mass is 35.5. The Hall–Kier alpha value is -1.55. The maximum Gasteiger partial charge on any atom is 0.230 e. The second kappa shape index (κ2) is 6.75. The zero-order valence-electron chi connectivity index (χ0n) is 14.4. The summed E-state index contributed by atoms with van der Waals surface area (Å²) in [5.74, 6) is 0.324. The first-order chi connectivity index (χ1) is 11.4. The number of hydrogen-bond acceptors (Lipinski definition) is 2. The summed E-state index contributed by atoms with van der Waals surface area (Å²) in [7, 11) is 0. The smallest absolute Gasteiger partial charge is 0.230 e. The summed E-state index contributed by atoms with van der Waals surface area (Å²) in [6.07, 6.45) is 3.06. The molecule has 0 aromatic heterocycles. The third-order valence-electron chi connectivity index (χ3n) is 5.34. The molecule has 2 saturated heterocycles. The molecule has 1 spiro atoms. The molecule has 0 saturated carbocycles. The highest BCUT2D eigenvalue weighted by Crippen LogP contribution is 2.40. The summed E-state index contributed by atoms with van der Waals surface area (Å²) in [4.78, 5) is 29.4. The minimum Gasteiger partial charge on any atom is -0.341 e. The zero-order valence-corrected chi connectivity index (χ0v) is 15.2. The standard InChI is InChI=1S/C19H25ClN2O2/c1-14(2)22-9-4-7-19(18(22)24)8-10-21(13-19)17(23)12-15-5-3-6-16(20)11-15/h3,5-6,11,14H,4,7-10,12-13H2,1-2H3/t19-/m1/s1. The van der Waals surface area contributed by atoms with E-state index in [4.69, 9.17) is 11.6 Å². The number of likely N-dealkylation sites (tertiary alicyclic amines) is 2. The van der Waals surface area contributed by atoms with Gasteiger partial charge in [0.2, 0.25) is 11.8 Å². The number of nitrogens with zero attached hydrogens (tertiary/aromatic N) is 2. The molecular weight excluding hydrogens is 324 g/mol. The molecule has 2 aliphatic heterocycles. The van der Waals surface area contributed by atoms with E-state index in [-0.39, 0.29) is 23.3 Å². The Bertz CT molecular complexity index is 646. The molecule has 0 unspecified atom stereocenters. The Kier molecular flexibility index (Phi) is 4.86. The van der Waals surface area contributed by atoms with Crippen molar-refractivity contribution in [2.75, 3.05) is 19.6 Å². The van der Waals surface area contributed by atoms with Gasteiger partial charge in [-0.1, -0.05) is 23.7 Å². The number of carbonyl (C=O) groups excluding carboxylic acids is 2. The molecule has 4 nitrogen and oxygen atoms in total.